The second-order valence-electron chi connectivity index (χ2n) is 5.99. The molecule has 0 radical (unpaired) electrons. The first-order chi connectivity index (χ1) is 9.69. The van der Waals surface area contributed by atoms with Crippen LogP contribution in [0.2, 0.25) is 0 Å². The summed E-state index contributed by atoms with van der Waals surface area (Å²) in [5, 5.41) is 0. The molecule has 1 aliphatic heterocycles. The van der Waals surface area contributed by atoms with Crippen LogP contribution < -0.4 is 10.5 Å². The molecule has 3 heteroatoms. The molecular formula is C17H28N2O. The van der Waals surface area contributed by atoms with Gasteiger partial charge in [-0.25, -0.2) is 0 Å². The first-order valence-corrected chi connectivity index (χ1v) is 7.88. The molecule has 1 aromatic carbocycles. The maximum Gasteiger partial charge on any atom is 0.119 e. The molecule has 1 aliphatic rings. The Bertz CT molecular complexity index is 406. The fourth-order valence-electron chi connectivity index (χ4n) is 2.88. The van der Waals surface area contributed by atoms with Gasteiger partial charge >= 0.3 is 0 Å². The molecule has 0 aromatic heterocycles. The van der Waals surface area contributed by atoms with Crippen LogP contribution in [0, 0.1) is 5.92 Å². The zero-order valence-electron chi connectivity index (χ0n) is 12.8. The van der Waals surface area contributed by atoms with Crippen LogP contribution in [0.1, 0.15) is 38.7 Å². The second-order valence-corrected chi connectivity index (χ2v) is 5.99. The molecule has 0 aliphatic carbocycles. The van der Waals surface area contributed by atoms with Crippen molar-refractivity contribution in [3.05, 3.63) is 29.8 Å². The van der Waals surface area contributed by atoms with Crippen LogP contribution in [0.4, 0.5) is 0 Å². The Kier molecular flexibility index (Phi) is 5.86. The van der Waals surface area contributed by atoms with Gasteiger partial charge in [-0.3, -0.25) is 4.90 Å². The van der Waals surface area contributed by atoms with Gasteiger partial charge in [-0.1, -0.05) is 19.1 Å². The molecule has 0 bridgehead atoms. The molecule has 0 amide bonds. The Morgan fingerprint density at radius 1 is 1.45 bits per heavy atom. The van der Waals surface area contributed by atoms with Gasteiger partial charge in [0.25, 0.3) is 0 Å². The number of benzene rings is 1. The average molecular weight is 276 g/mol. The lowest BCUT2D eigenvalue weighted by Gasteiger charge is -2.34. The summed E-state index contributed by atoms with van der Waals surface area (Å²) < 4.78 is 5.71. The van der Waals surface area contributed by atoms with Crippen LogP contribution in [0.3, 0.4) is 0 Å². The first-order valence-electron chi connectivity index (χ1n) is 7.88. The van der Waals surface area contributed by atoms with E-state index in [0.717, 1.165) is 31.9 Å². The molecule has 3 nitrogen and oxygen atoms in total. The summed E-state index contributed by atoms with van der Waals surface area (Å²) >= 11 is 0. The van der Waals surface area contributed by atoms with Gasteiger partial charge in [0.2, 0.25) is 0 Å². The quantitative estimate of drug-likeness (QED) is 0.868. The van der Waals surface area contributed by atoms with E-state index in [1.807, 2.05) is 6.07 Å². The van der Waals surface area contributed by atoms with Crippen molar-refractivity contribution in [1.82, 2.24) is 4.90 Å². The van der Waals surface area contributed by atoms with Gasteiger partial charge < -0.3 is 10.5 Å². The molecule has 20 heavy (non-hydrogen) atoms. The molecule has 2 atom stereocenters. The van der Waals surface area contributed by atoms with Crippen molar-refractivity contribution in [3.63, 3.8) is 0 Å². The van der Waals surface area contributed by atoms with Crippen molar-refractivity contribution in [2.45, 2.75) is 45.7 Å². The van der Waals surface area contributed by atoms with Crippen molar-refractivity contribution >= 4 is 0 Å². The highest BCUT2D eigenvalue weighted by Crippen LogP contribution is 2.22. The van der Waals surface area contributed by atoms with E-state index < -0.39 is 0 Å². The molecule has 0 spiro atoms. The SMILES string of the molecule is CCCOc1cccc(CN2CCCC(C(C)N)C2)c1. The summed E-state index contributed by atoms with van der Waals surface area (Å²) in [4.78, 5) is 2.52. The zero-order valence-corrected chi connectivity index (χ0v) is 12.8. The monoisotopic (exact) mass is 276 g/mol. The number of likely N-dealkylation sites (tertiary alicyclic amines) is 1. The predicted octanol–water partition coefficient (Wildman–Crippen LogP) is 3.03. The third kappa shape index (κ3) is 4.50. The van der Waals surface area contributed by atoms with Gasteiger partial charge in [-0.2, -0.15) is 0 Å². The van der Waals surface area contributed by atoms with E-state index in [-0.39, 0.29) is 0 Å². The Balaban J connectivity index is 1.92. The summed E-state index contributed by atoms with van der Waals surface area (Å²) in [6.45, 7) is 8.37. The average Bonchev–Trinajstić information content (AvgIpc) is 2.46. The number of nitrogens with two attached hydrogens (primary N) is 1. The van der Waals surface area contributed by atoms with E-state index in [0.29, 0.717) is 12.0 Å². The molecule has 2 rings (SSSR count). The molecule has 2 unspecified atom stereocenters. The van der Waals surface area contributed by atoms with E-state index >= 15 is 0 Å². The minimum Gasteiger partial charge on any atom is -0.494 e. The van der Waals surface area contributed by atoms with Crippen molar-refractivity contribution in [3.8, 4) is 5.75 Å². The number of hydrogen-bond acceptors (Lipinski definition) is 3. The Hall–Kier alpha value is -1.06. The zero-order chi connectivity index (χ0) is 14.4. The van der Waals surface area contributed by atoms with Crippen molar-refractivity contribution in [2.24, 2.45) is 11.7 Å². The van der Waals surface area contributed by atoms with Crippen molar-refractivity contribution in [1.29, 1.82) is 0 Å². The van der Waals surface area contributed by atoms with Gasteiger partial charge in [0.05, 0.1) is 6.61 Å². The van der Waals surface area contributed by atoms with Crippen LogP contribution in [-0.2, 0) is 6.54 Å². The van der Waals surface area contributed by atoms with E-state index in [1.54, 1.807) is 0 Å². The smallest absolute Gasteiger partial charge is 0.119 e. The van der Waals surface area contributed by atoms with Crippen molar-refractivity contribution < 1.29 is 4.74 Å². The van der Waals surface area contributed by atoms with E-state index in [9.17, 15) is 0 Å². The number of hydrogen-bond donors (Lipinski definition) is 1. The van der Waals surface area contributed by atoms with Gasteiger partial charge in [0.15, 0.2) is 0 Å². The van der Waals surface area contributed by atoms with Crippen LogP contribution in [-0.4, -0.2) is 30.6 Å². The Labute approximate surface area is 123 Å². The third-order valence-electron chi connectivity index (χ3n) is 4.06. The highest BCUT2D eigenvalue weighted by molar-refractivity contribution is 5.28. The molecule has 1 heterocycles. The Morgan fingerprint density at radius 3 is 3.05 bits per heavy atom. The third-order valence-corrected chi connectivity index (χ3v) is 4.06. The highest BCUT2D eigenvalue weighted by atomic mass is 16.5. The molecule has 1 saturated heterocycles. The minimum absolute atomic E-state index is 0.303. The molecule has 2 N–H and O–H groups in total. The first kappa shape index (κ1) is 15.3. The lowest BCUT2D eigenvalue weighted by molar-refractivity contribution is 0.154. The summed E-state index contributed by atoms with van der Waals surface area (Å²) in [6.07, 6.45) is 3.58. The number of piperidine rings is 1. The van der Waals surface area contributed by atoms with Gasteiger partial charge in [0.1, 0.15) is 5.75 Å². The van der Waals surface area contributed by atoms with Crippen molar-refractivity contribution in [2.75, 3.05) is 19.7 Å². The lowest BCUT2D eigenvalue weighted by atomic mass is 9.92. The maximum absolute atomic E-state index is 6.06. The summed E-state index contributed by atoms with van der Waals surface area (Å²) in [5.74, 6) is 1.63. The highest BCUT2D eigenvalue weighted by Gasteiger charge is 2.22. The fraction of sp³-hybridized carbons (Fsp3) is 0.647. The lowest BCUT2D eigenvalue weighted by Crippen LogP contribution is -2.41. The largest absolute Gasteiger partial charge is 0.494 e. The predicted molar refractivity (Wildman–Crippen MR) is 83.9 cm³/mol. The number of nitrogens with zero attached hydrogens (tertiary/aromatic N) is 1. The van der Waals surface area contributed by atoms with E-state index in [4.69, 9.17) is 10.5 Å². The molecule has 1 fully saturated rings. The number of rotatable bonds is 6. The van der Waals surface area contributed by atoms with Gasteiger partial charge in [-0.05, 0) is 56.3 Å². The summed E-state index contributed by atoms with van der Waals surface area (Å²) in [7, 11) is 0. The fourth-order valence-corrected chi connectivity index (χ4v) is 2.88. The van der Waals surface area contributed by atoms with E-state index in [2.05, 4.69) is 36.9 Å². The maximum atomic E-state index is 6.06. The minimum atomic E-state index is 0.303. The topological polar surface area (TPSA) is 38.5 Å². The number of ether oxygens (including phenoxy) is 1. The van der Waals surface area contributed by atoms with Gasteiger partial charge in [0, 0.05) is 19.1 Å². The second kappa shape index (κ2) is 7.65. The molecule has 112 valence electrons. The van der Waals surface area contributed by atoms with Crippen LogP contribution in [0.5, 0.6) is 5.75 Å². The molecule has 0 saturated carbocycles. The standard InChI is InChI=1S/C17H28N2O/c1-3-10-20-17-8-4-6-15(11-17)12-19-9-5-7-16(13-19)14(2)18/h4,6,8,11,14,16H,3,5,7,9-10,12-13,18H2,1-2H3. The van der Waals surface area contributed by atoms with Crippen LogP contribution in [0.25, 0.3) is 0 Å². The molecular weight excluding hydrogens is 248 g/mol. The van der Waals surface area contributed by atoms with E-state index in [1.165, 1.54) is 24.9 Å². The summed E-state index contributed by atoms with van der Waals surface area (Å²) in [6, 6.07) is 8.80. The molecule has 1 aromatic rings. The van der Waals surface area contributed by atoms with Crippen LogP contribution >= 0.6 is 0 Å². The normalized spacial score (nSPS) is 21.6. The van der Waals surface area contributed by atoms with Crippen LogP contribution in [0.15, 0.2) is 24.3 Å². The van der Waals surface area contributed by atoms with Gasteiger partial charge in [-0.15, -0.1) is 0 Å². The Morgan fingerprint density at radius 2 is 2.30 bits per heavy atom. The summed E-state index contributed by atoms with van der Waals surface area (Å²) in [5.41, 5.74) is 7.39.